The van der Waals surface area contributed by atoms with E-state index >= 15 is 0 Å². The largest absolute Gasteiger partial charge is 0.474 e. The number of guanidine groups is 1. The summed E-state index contributed by atoms with van der Waals surface area (Å²) < 4.78 is 32.7. The Morgan fingerprint density at radius 2 is 1.93 bits per heavy atom. The average molecular weight is 374 g/mol. The van der Waals surface area contributed by atoms with Gasteiger partial charge in [-0.25, -0.2) is 13.8 Å². The number of pyridine rings is 1. The molecule has 27 heavy (non-hydrogen) atoms. The Morgan fingerprint density at radius 1 is 1.15 bits per heavy atom. The summed E-state index contributed by atoms with van der Waals surface area (Å²) in [4.78, 5) is 8.44. The lowest BCUT2D eigenvalue weighted by Gasteiger charge is -2.14. The molecule has 3 rings (SSSR count). The number of rotatable bonds is 6. The van der Waals surface area contributed by atoms with E-state index in [2.05, 4.69) is 20.6 Å². The van der Waals surface area contributed by atoms with Gasteiger partial charge in [0.25, 0.3) is 0 Å². The second kappa shape index (κ2) is 9.30. The fourth-order valence-corrected chi connectivity index (χ4v) is 3.03. The molecule has 1 aliphatic rings. The zero-order chi connectivity index (χ0) is 19.1. The quantitative estimate of drug-likeness (QED) is 0.600. The second-order valence-electron chi connectivity index (χ2n) is 6.54. The molecule has 1 aromatic carbocycles. The van der Waals surface area contributed by atoms with Crippen molar-refractivity contribution in [1.29, 1.82) is 0 Å². The second-order valence-corrected chi connectivity index (χ2v) is 6.54. The molecule has 0 spiro atoms. The SMILES string of the molecule is CN=C(NCc1ccc(OC2CCCC2)nc1)NCc1cc(F)ccc1F. The van der Waals surface area contributed by atoms with Gasteiger partial charge in [-0.15, -0.1) is 0 Å². The van der Waals surface area contributed by atoms with Crippen LogP contribution in [0.5, 0.6) is 5.88 Å². The van der Waals surface area contributed by atoms with Crippen LogP contribution in [0.15, 0.2) is 41.5 Å². The van der Waals surface area contributed by atoms with E-state index in [4.69, 9.17) is 4.74 Å². The topological polar surface area (TPSA) is 58.5 Å². The van der Waals surface area contributed by atoms with Crippen molar-refractivity contribution < 1.29 is 13.5 Å². The molecule has 0 saturated heterocycles. The van der Waals surface area contributed by atoms with Gasteiger partial charge in [-0.2, -0.15) is 0 Å². The van der Waals surface area contributed by atoms with Gasteiger partial charge in [0.1, 0.15) is 17.7 Å². The highest BCUT2D eigenvalue weighted by molar-refractivity contribution is 5.79. The van der Waals surface area contributed by atoms with Gasteiger partial charge in [0, 0.05) is 38.0 Å². The van der Waals surface area contributed by atoms with Crippen molar-refractivity contribution in [2.45, 2.75) is 44.9 Å². The van der Waals surface area contributed by atoms with Crippen molar-refractivity contribution in [3.8, 4) is 5.88 Å². The minimum Gasteiger partial charge on any atom is -0.474 e. The van der Waals surface area contributed by atoms with Crippen LogP contribution < -0.4 is 15.4 Å². The highest BCUT2D eigenvalue weighted by Gasteiger charge is 2.16. The maximum Gasteiger partial charge on any atom is 0.213 e. The summed E-state index contributed by atoms with van der Waals surface area (Å²) in [5.41, 5.74) is 1.21. The molecular weight excluding hydrogens is 350 g/mol. The van der Waals surface area contributed by atoms with Crippen LogP contribution >= 0.6 is 0 Å². The standard InChI is InChI=1S/C20H24F2N4O/c1-23-20(26-13-15-10-16(21)7-8-18(15)22)25-12-14-6-9-19(24-11-14)27-17-4-2-3-5-17/h6-11,17H,2-5,12-13H2,1H3,(H2,23,25,26). The molecule has 0 aliphatic heterocycles. The number of aromatic nitrogens is 1. The van der Waals surface area contributed by atoms with Crippen molar-refractivity contribution in [2.75, 3.05) is 7.05 Å². The van der Waals surface area contributed by atoms with Gasteiger partial charge in [-0.1, -0.05) is 6.07 Å². The van der Waals surface area contributed by atoms with E-state index in [1.807, 2.05) is 12.1 Å². The van der Waals surface area contributed by atoms with Crippen LogP contribution in [0, 0.1) is 11.6 Å². The van der Waals surface area contributed by atoms with E-state index in [0.717, 1.165) is 30.5 Å². The Bertz CT molecular complexity index is 774. The lowest BCUT2D eigenvalue weighted by atomic mass is 10.2. The van der Waals surface area contributed by atoms with Crippen LogP contribution in [-0.2, 0) is 13.1 Å². The molecule has 7 heteroatoms. The molecule has 5 nitrogen and oxygen atoms in total. The molecule has 2 aromatic rings. The molecule has 0 bridgehead atoms. The summed E-state index contributed by atoms with van der Waals surface area (Å²) in [5.74, 6) is 0.211. The van der Waals surface area contributed by atoms with E-state index in [0.29, 0.717) is 18.4 Å². The minimum absolute atomic E-state index is 0.135. The Balaban J connectivity index is 1.48. The van der Waals surface area contributed by atoms with Gasteiger partial charge in [0.15, 0.2) is 5.96 Å². The van der Waals surface area contributed by atoms with Gasteiger partial charge in [-0.3, -0.25) is 4.99 Å². The molecule has 1 aromatic heterocycles. The summed E-state index contributed by atoms with van der Waals surface area (Å²) in [6.07, 6.45) is 6.68. The normalized spacial score (nSPS) is 15.0. The molecule has 0 amide bonds. The third kappa shape index (κ3) is 5.64. The van der Waals surface area contributed by atoms with Crippen molar-refractivity contribution in [2.24, 2.45) is 4.99 Å². The summed E-state index contributed by atoms with van der Waals surface area (Å²) in [5, 5.41) is 6.10. The van der Waals surface area contributed by atoms with Crippen molar-refractivity contribution in [3.05, 3.63) is 59.3 Å². The van der Waals surface area contributed by atoms with E-state index in [1.165, 1.54) is 18.9 Å². The molecule has 1 fully saturated rings. The zero-order valence-electron chi connectivity index (χ0n) is 15.3. The Labute approximate surface area is 157 Å². The van der Waals surface area contributed by atoms with Crippen molar-refractivity contribution >= 4 is 5.96 Å². The van der Waals surface area contributed by atoms with E-state index in [9.17, 15) is 8.78 Å². The summed E-state index contributed by atoms with van der Waals surface area (Å²) in [6, 6.07) is 7.20. The molecule has 1 saturated carbocycles. The monoisotopic (exact) mass is 374 g/mol. The van der Waals surface area contributed by atoms with E-state index < -0.39 is 11.6 Å². The highest BCUT2D eigenvalue weighted by atomic mass is 19.1. The lowest BCUT2D eigenvalue weighted by molar-refractivity contribution is 0.201. The average Bonchev–Trinajstić information content (AvgIpc) is 3.19. The number of hydrogen-bond donors (Lipinski definition) is 2. The van der Waals surface area contributed by atoms with Crippen LogP contribution in [0.4, 0.5) is 8.78 Å². The Kier molecular flexibility index (Phi) is 6.57. The number of hydrogen-bond acceptors (Lipinski definition) is 3. The number of nitrogens with zero attached hydrogens (tertiary/aromatic N) is 2. The smallest absolute Gasteiger partial charge is 0.213 e. The summed E-state index contributed by atoms with van der Waals surface area (Å²) >= 11 is 0. The summed E-state index contributed by atoms with van der Waals surface area (Å²) in [7, 11) is 1.62. The molecule has 2 N–H and O–H groups in total. The predicted molar refractivity (Wildman–Crippen MR) is 101 cm³/mol. The van der Waals surface area contributed by atoms with E-state index in [1.54, 1.807) is 13.2 Å². The van der Waals surface area contributed by atoms with Crippen LogP contribution in [0.3, 0.4) is 0 Å². The number of benzene rings is 1. The van der Waals surface area contributed by atoms with Crippen LogP contribution in [0.2, 0.25) is 0 Å². The first kappa shape index (κ1) is 19.1. The lowest BCUT2D eigenvalue weighted by Crippen LogP contribution is -2.36. The van der Waals surface area contributed by atoms with Crippen molar-refractivity contribution in [1.82, 2.24) is 15.6 Å². The first-order valence-electron chi connectivity index (χ1n) is 9.14. The fraction of sp³-hybridized carbons (Fsp3) is 0.400. The van der Waals surface area contributed by atoms with E-state index in [-0.39, 0.29) is 18.2 Å². The Hall–Kier alpha value is -2.70. The maximum absolute atomic E-state index is 13.7. The number of nitrogens with one attached hydrogen (secondary N) is 2. The molecular formula is C20H24F2N4O. The highest BCUT2D eigenvalue weighted by Crippen LogP contribution is 2.22. The molecule has 144 valence electrons. The van der Waals surface area contributed by atoms with Crippen molar-refractivity contribution in [3.63, 3.8) is 0 Å². The third-order valence-electron chi connectivity index (χ3n) is 4.52. The maximum atomic E-state index is 13.7. The third-order valence-corrected chi connectivity index (χ3v) is 4.52. The van der Waals surface area contributed by atoms with Gasteiger partial charge < -0.3 is 15.4 Å². The first-order valence-corrected chi connectivity index (χ1v) is 9.14. The Morgan fingerprint density at radius 3 is 2.63 bits per heavy atom. The molecule has 1 aliphatic carbocycles. The first-order chi connectivity index (χ1) is 13.1. The number of aliphatic imine (C=N–C) groups is 1. The van der Waals surface area contributed by atoms with Crippen LogP contribution in [0.25, 0.3) is 0 Å². The van der Waals surface area contributed by atoms with Crippen LogP contribution in [0.1, 0.15) is 36.8 Å². The molecule has 0 unspecified atom stereocenters. The van der Waals surface area contributed by atoms with Gasteiger partial charge >= 0.3 is 0 Å². The predicted octanol–water partition coefficient (Wildman–Crippen LogP) is 3.55. The minimum atomic E-state index is -0.470. The van der Waals surface area contributed by atoms with Gasteiger partial charge in [0.05, 0.1) is 0 Å². The molecule has 0 atom stereocenters. The summed E-state index contributed by atoms with van der Waals surface area (Å²) in [6.45, 7) is 0.637. The number of ether oxygens (including phenoxy) is 1. The van der Waals surface area contributed by atoms with Crippen LogP contribution in [-0.4, -0.2) is 24.1 Å². The number of halogens is 2. The molecule has 0 radical (unpaired) electrons. The molecule has 1 heterocycles. The van der Waals surface area contributed by atoms with Gasteiger partial charge in [-0.05, 0) is 49.4 Å². The fourth-order valence-electron chi connectivity index (χ4n) is 3.03. The van der Waals surface area contributed by atoms with Gasteiger partial charge in [0.2, 0.25) is 5.88 Å². The zero-order valence-corrected chi connectivity index (χ0v) is 15.3.